The SMILES string of the molecule is Cc1cncc(C2=CC3CCC(C2)N3C(=O)OCc2ccccc2)n1. The van der Waals surface area contributed by atoms with Crippen molar-refractivity contribution in [3.05, 3.63) is 65.8 Å². The molecule has 1 amide bonds. The van der Waals surface area contributed by atoms with Gasteiger partial charge in [-0.3, -0.25) is 14.9 Å². The zero-order chi connectivity index (χ0) is 17.2. The lowest BCUT2D eigenvalue weighted by Gasteiger charge is -2.33. The van der Waals surface area contributed by atoms with Crippen LogP contribution in [0.15, 0.2) is 48.8 Å². The van der Waals surface area contributed by atoms with Gasteiger partial charge in [-0.2, -0.15) is 0 Å². The minimum Gasteiger partial charge on any atom is -0.445 e. The molecule has 1 saturated heterocycles. The van der Waals surface area contributed by atoms with E-state index in [0.29, 0.717) is 6.61 Å². The number of nitrogens with zero attached hydrogens (tertiary/aromatic N) is 3. The third-order valence-electron chi connectivity index (χ3n) is 4.90. The number of hydrogen-bond donors (Lipinski definition) is 0. The van der Waals surface area contributed by atoms with E-state index in [1.54, 1.807) is 6.20 Å². The summed E-state index contributed by atoms with van der Waals surface area (Å²) in [5, 5.41) is 0. The highest BCUT2D eigenvalue weighted by atomic mass is 16.6. The zero-order valence-corrected chi connectivity index (χ0v) is 14.3. The average Bonchev–Trinajstić information content (AvgIpc) is 2.90. The molecule has 0 N–H and O–H groups in total. The molecule has 128 valence electrons. The quantitative estimate of drug-likeness (QED) is 0.857. The van der Waals surface area contributed by atoms with E-state index in [9.17, 15) is 4.79 Å². The Morgan fingerprint density at radius 3 is 2.84 bits per heavy atom. The molecule has 2 atom stereocenters. The minimum absolute atomic E-state index is 0.0966. The van der Waals surface area contributed by atoms with Crippen molar-refractivity contribution >= 4 is 11.7 Å². The molecule has 2 aliphatic rings. The molecule has 2 aromatic rings. The van der Waals surface area contributed by atoms with Crippen LogP contribution in [0.5, 0.6) is 0 Å². The number of amides is 1. The smallest absolute Gasteiger partial charge is 0.410 e. The Kier molecular flexibility index (Phi) is 4.22. The first-order chi connectivity index (χ1) is 12.2. The van der Waals surface area contributed by atoms with Gasteiger partial charge in [-0.15, -0.1) is 0 Å². The first-order valence-corrected chi connectivity index (χ1v) is 8.69. The standard InChI is InChI=1S/C20H21N3O2/c1-14-11-21-12-19(22-14)16-9-17-7-8-18(10-16)23(17)20(24)25-13-15-5-3-2-4-6-15/h2-6,9,11-12,17-18H,7-8,10,13H2,1H3. The van der Waals surface area contributed by atoms with Crippen LogP contribution in [0.1, 0.15) is 36.2 Å². The van der Waals surface area contributed by atoms with Gasteiger partial charge in [-0.05, 0) is 37.3 Å². The Morgan fingerprint density at radius 1 is 1.24 bits per heavy atom. The van der Waals surface area contributed by atoms with Gasteiger partial charge in [0, 0.05) is 12.2 Å². The number of aromatic nitrogens is 2. The van der Waals surface area contributed by atoms with Crippen molar-refractivity contribution in [2.24, 2.45) is 0 Å². The predicted molar refractivity (Wildman–Crippen MR) is 94.6 cm³/mol. The molecule has 1 aromatic heterocycles. The molecule has 0 radical (unpaired) electrons. The number of carbonyl (C=O) groups excluding carboxylic acids is 1. The highest BCUT2D eigenvalue weighted by Gasteiger charge is 2.40. The molecule has 1 aromatic carbocycles. The molecule has 0 aliphatic carbocycles. The van der Waals surface area contributed by atoms with Gasteiger partial charge in [0.2, 0.25) is 0 Å². The van der Waals surface area contributed by atoms with Crippen molar-refractivity contribution in [1.29, 1.82) is 0 Å². The van der Waals surface area contributed by atoms with Gasteiger partial charge in [-0.25, -0.2) is 4.79 Å². The Labute approximate surface area is 147 Å². The Bertz CT molecular complexity index is 804. The van der Waals surface area contributed by atoms with Crippen molar-refractivity contribution in [2.45, 2.75) is 44.9 Å². The summed E-state index contributed by atoms with van der Waals surface area (Å²) in [6, 6.07) is 10.1. The van der Waals surface area contributed by atoms with E-state index in [-0.39, 0.29) is 18.2 Å². The largest absolute Gasteiger partial charge is 0.445 e. The number of fused-ring (bicyclic) bond motifs is 2. The van der Waals surface area contributed by atoms with E-state index >= 15 is 0 Å². The number of benzene rings is 1. The lowest BCUT2D eigenvalue weighted by atomic mass is 9.99. The molecule has 1 fully saturated rings. The molecule has 2 aliphatic heterocycles. The van der Waals surface area contributed by atoms with Gasteiger partial charge in [-0.1, -0.05) is 36.4 Å². The molecule has 0 saturated carbocycles. The Morgan fingerprint density at radius 2 is 2.08 bits per heavy atom. The summed E-state index contributed by atoms with van der Waals surface area (Å²) in [7, 11) is 0. The lowest BCUT2D eigenvalue weighted by Crippen LogP contribution is -2.43. The molecular weight excluding hydrogens is 314 g/mol. The molecular formula is C20H21N3O2. The van der Waals surface area contributed by atoms with Gasteiger partial charge >= 0.3 is 6.09 Å². The summed E-state index contributed by atoms with van der Waals surface area (Å²) in [5.41, 5.74) is 4.03. The monoisotopic (exact) mass is 335 g/mol. The molecule has 4 rings (SSSR count). The molecule has 25 heavy (non-hydrogen) atoms. The zero-order valence-electron chi connectivity index (χ0n) is 14.3. The predicted octanol–water partition coefficient (Wildman–Crippen LogP) is 3.74. The highest BCUT2D eigenvalue weighted by molar-refractivity contribution is 5.74. The fourth-order valence-electron chi connectivity index (χ4n) is 3.72. The number of rotatable bonds is 3. The van der Waals surface area contributed by atoms with Crippen LogP contribution in [-0.2, 0) is 11.3 Å². The molecule has 5 heteroatoms. The van der Waals surface area contributed by atoms with Crippen LogP contribution in [0.3, 0.4) is 0 Å². The second kappa shape index (κ2) is 6.67. The van der Waals surface area contributed by atoms with Gasteiger partial charge < -0.3 is 4.74 Å². The molecule has 2 bridgehead atoms. The number of carbonyl (C=O) groups is 1. The Hall–Kier alpha value is -2.69. The molecule has 3 heterocycles. The van der Waals surface area contributed by atoms with Crippen LogP contribution < -0.4 is 0 Å². The van der Waals surface area contributed by atoms with Gasteiger partial charge in [0.1, 0.15) is 6.61 Å². The van der Waals surface area contributed by atoms with Crippen LogP contribution >= 0.6 is 0 Å². The summed E-state index contributed by atoms with van der Waals surface area (Å²) in [6.07, 6.45) is 8.31. The molecule has 2 unspecified atom stereocenters. The van der Waals surface area contributed by atoms with Crippen molar-refractivity contribution in [3.63, 3.8) is 0 Å². The first kappa shape index (κ1) is 15.8. The van der Waals surface area contributed by atoms with Crippen molar-refractivity contribution in [1.82, 2.24) is 14.9 Å². The van der Waals surface area contributed by atoms with Crippen LogP contribution in [0.4, 0.5) is 4.79 Å². The molecule has 5 nitrogen and oxygen atoms in total. The van der Waals surface area contributed by atoms with E-state index < -0.39 is 0 Å². The maximum atomic E-state index is 12.6. The topological polar surface area (TPSA) is 55.3 Å². The maximum Gasteiger partial charge on any atom is 0.410 e. The second-order valence-corrected chi connectivity index (χ2v) is 6.69. The van der Waals surface area contributed by atoms with Crippen molar-refractivity contribution < 1.29 is 9.53 Å². The van der Waals surface area contributed by atoms with Gasteiger partial charge in [0.15, 0.2) is 0 Å². The maximum absolute atomic E-state index is 12.6. The average molecular weight is 335 g/mol. The van der Waals surface area contributed by atoms with Crippen molar-refractivity contribution in [3.8, 4) is 0 Å². The van der Waals surface area contributed by atoms with Crippen LogP contribution in [-0.4, -0.2) is 33.0 Å². The summed E-state index contributed by atoms with van der Waals surface area (Å²) in [5.74, 6) is 0. The third-order valence-corrected chi connectivity index (χ3v) is 4.90. The lowest BCUT2D eigenvalue weighted by molar-refractivity contribution is 0.0832. The first-order valence-electron chi connectivity index (χ1n) is 8.69. The highest BCUT2D eigenvalue weighted by Crippen LogP contribution is 2.38. The summed E-state index contributed by atoms with van der Waals surface area (Å²) >= 11 is 0. The number of ether oxygens (including phenoxy) is 1. The van der Waals surface area contributed by atoms with E-state index in [2.05, 4.69) is 16.0 Å². The number of hydrogen-bond acceptors (Lipinski definition) is 4. The van der Waals surface area contributed by atoms with Crippen molar-refractivity contribution in [2.75, 3.05) is 0 Å². The second-order valence-electron chi connectivity index (χ2n) is 6.69. The summed E-state index contributed by atoms with van der Waals surface area (Å²) in [6.45, 7) is 2.26. The molecule has 0 spiro atoms. The van der Waals surface area contributed by atoms with E-state index in [1.807, 2.05) is 48.4 Å². The fraction of sp³-hybridized carbons (Fsp3) is 0.350. The van der Waals surface area contributed by atoms with Crippen LogP contribution in [0.2, 0.25) is 0 Å². The Balaban J connectivity index is 1.47. The van der Waals surface area contributed by atoms with Gasteiger partial charge in [0.05, 0.1) is 23.6 Å². The minimum atomic E-state index is -0.220. The van der Waals surface area contributed by atoms with Crippen LogP contribution in [0.25, 0.3) is 5.57 Å². The van der Waals surface area contributed by atoms with E-state index in [1.165, 1.54) is 5.57 Å². The third kappa shape index (κ3) is 3.27. The summed E-state index contributed by atoms with van der Waals surface area (Å²) < 4.78 is 5.54. The normalized spacial score (nSPS) is 21.8. The van der Waals surface area contributed by atoms with E-state index in [4.69, 9.17) is 4.74 Å². The summed E-state index contributed by atoms with van der Waals surface area (Å²) in [4.78, 5) is 23.3. The number of aryl methyl sites for hydroxylation is 1. The van der Waals surface area contributed by atoms with E-state index in [0.717, 1.165) is 36.2 Å². The van der Waals surface area contributed by atoms with Crippen LogP contribution in [0, 0.1) is 6.92 Å². The fourth-order valence-corrected chi connectivity index (χ4v) is 3.72. The van der Waals surface area contributed by atoms with Gasteiger partial charge in [0.25, 0.3) is 0 Å².